The molecule has 8 heteroatoms. The number of aromatic nitrogens is 4. The highest BCUT2D eigenvalue weighted by atomic mass is 32.1. The SMILES string of the molecule is C1=C2c3c(sc4nc(-n5ccnc5)nc(NCc5ccc6c(c5)OCO6)c34)C2CC1. The maximum Gasteiger partial charge on any atom is 0.238 e. The molecule has 7 rings (SSSR count). The highest BCUT2D eigenvalue weighted by Gasteiger charge is 2.39. The normalized spacial score (nSPS) is 18.1. The average Bonchev–Trinajstić information content (AvgIpc) is 3.54. The van der Waals surface area contributed by atoms with Crippen LogP contribution in [0, 0.1) is 0 Å². The van der Waals surface area contributed by atoms with E-state index in [-0.39, 0.29) is 6.79 Å². The van der Waals surface area contributed by atoms with Crippen LogP contribution in [0.15, 0.2) is 43.0 Å². The summed E-state index contributed by atoms with van der Waals surface area (Å²) in [6.45, 7) is 0.920. The van der Waals surface area contributed by atoms with Gasteiger partial charge >= 0.3 is 0 Å². The van der Waals surface area contributed by atoms with E-state index in [9.17, 15) is 0 Å². The number of hydrogen-bond donors (Lipinski definition) is 1. The molecule has 4 aromatic rings. The Hall–Kier alpha value is -3.39. The van der Waals surface area contributed by atoms with Crippen molar-refractivity contribution in [3.05, 3.63) is 59.0 Å². The van der Waals surface area contributed by atoms with Gasteiger partial charge in [-0.25, -0.2) is 9.97 Å². The van der Waals surface area contributed by atoms with Gasteiger partial charge in [0, 0.05) is 35.3 Å². The minimum Gasteiger partial charge on any atom is -0.454 e. The number of anilines is 1. The number of rotatable bonds is 4. The lowest BCUT2D eigenvalue weighted by Gasteiger charge is -2.26. The zero-order valence-corrected chi connectivity index (χ0v) is 16.8. The molecule has 1 aromatic carbocycles. The summed E-state index contributed by atoms with van der Waals surface area (Å²) in [5.41, 5.74) is 3.94. The summed E-state index contributed by atoms with van der Waals surface area (Å²) in [5.74, 6) is 3.68. The van der Waals surface area contributed by atoms with Crippen LogP contribution < -0.4 is 14.8 Å². The molecule has 0 spiro atoms. The van der Waals surface area contributed by atoms with Crippen molar-refractivity contribution < 1.29 is 9.47 Å². The van der Waals surface area contributed by atoms with Crippen LogP contribution >= 0.6 is 11.3 Å². The molecule has 1 N–H and O–H groups in total. The molecule has 30 heavy (non-hydrogen) atoms. The smallest absolute Gasteiger partial charge is 0.238 e. The molecule has 0 fully saturated rings. The van der Waals surface area contributed by atoms with E-state index in [1.54, 1.807) is 23.9 Å². The van der Waals surface area contributed by atoms with Gasteiger partial charge in [0.05, 0.1) is 5.39 Å². The summed E-state index contributed by atoms with van der Waals surface area (Å²) < 4.78 is 12.8. The molecule has 0 bridgehead atoms. The summed E-state index contributed by atoms with van der Waals surface area (Å²) in [6, 6.07) is 6.03. The first-order chi connectivity index (χ1) is 14.8. The second kappa shape index (κ2) is 6.06. The number of ether oxygens (including phenoxy) is 2. The molecule has 3 aromatic heterocycles. The first-order valence-electron chi connectivity index (χ1n) is 10.0. The van der Waals surface area contributed by atoms with Gasteiger partial charge in [0.25, 0.3) is 0 Å². The fourth-order valence-corrected chi connectivity index (χ4v) is 5.92. The van der Waals surface area contributed by atoms with E-state index in [1.165, 1.54) is 22.4 Å². The number of nitrogens with one attached hydrogen (secondary N) is 1. The van der Waals surface area contributed by atoms with Gasteiger partial charge in [0.15, 0.2) is 11.5 Å². The summed E-state index contributed by atoms with van der Waals surface area (Å²) in [6.07, 6.45) is 10.1. The maximum absolute atomic E-state index is 5.52. The molecule has 7 nitrogen and oxygen atoms in total. The Morgan fingerprint density at radius 1 is 1.20 bits per heavy atom. The third kappa shape index (κ3) is 2.28. The fourth-order valence-electron chi connectivity index (χ4n) is 4.57. The summed E-state index contributed by atoms with van der Waals surface area (Å²) in [5, 5.41) is 4.71. The van der Waals surface area contributed by atoms with Crippen molar-refractivity contribution in [2.24, 2.45) is 0 Å². The van der Waals surface area contributed by atoms with E-state index in [0.717, 1.165) is 39.5 Å². The van der Waals surface area contributed by atoms with E-state index >= 15 is 0 Å². The Kier molecular flexibility index (Phi) is 3.31. The molecular weight excluding hydrogens is 398 g/mol. The van der Waals surface area contributed by atoms with E-state index in [2.05, 4.69) is 22.4 Å². The lowest BCUT2D eigenvalue weighted by molar-refractivity contribution is 0.174. The largest absolute Gasteiger partial charge is 0.454 e. The average molecular weight is 415 g/mol. The van der Waals surface area contributed by atoms with Crippen molar-refractivity contribution in [2.45, 2.75) is 25.3 Å². The number of thiophene rings is 1. The number of imidazole rings is 1. The molecule has 0 saturated heterocycles. The van der Waals surface area contributed by atoms with Gasteiger partial charge in [-0.2, -0.15) is 4.98 Å². The van der Waals surface area contributed by atoms with Gasteiger partial charge in [-0.1, -0.05) is 12.1 Å². The molecule has 0 saturated carbocycles. The maximum atomic E-state index is 5.52. The predicted molar refractivity (Wildman–Crippen MR) is 114 cm³/mol. The topological polar surface area (TPSA) is 74.1 Å². The quantitative estimate of drug-likeness (QED) is 0.529. The first-order valence-corrected chi connectivity index (χ1v) is 10.8. The first kappa shape index (κ1) is 16.4. The molecule has 1 atom stereocenters. The van der Waals surface area contributed by atoms with E-state index in [4.69, 9.17) is 19.4 Å². The number of hydrogen-bond acceptors (Lipinski definition) is 7. The molecule has 148 valence electrons. The number of benzene rings is 1. The molecule has 2 aliphatic carbocycles. The van der Waals surface area contributed by atoms with Crippen LogP contribution in [0.3, 0.4) is 0 Å². The summed E-state index contributed by atoms with van der Waals surface area (Å²) in [7, 11) is 0. The third-order valence-electron chi connectivity index (χ3n) is 6.00. The van der Waals surface area contributed by atoms with E-state index in [0.29, 0.717) is 18.4 Å². The Bertz CT molecular complexity index is 1340. The van der Waals surface area contributed by atoms with Crippen LogP contribution in [0.25, 0.3) is 21.7 Å². The van der Waals surface area contributed by atoms with Gasteiger partial charge in [-0.15, -0.1) is 11.3 Å². The standard InChI is InChI=1S/C22H17N5O2S/c1-2-13-14(3-1)19-17(13)18-20(24-9-12-4-5-15-16(8-12)29-11-28-15)25-22(26-21(18)30-19)27-7-6-23-10-27/h2,4-8,10,14H,1,3,9,11H2,(H,24,25,26). The van der Waals surface area contributed by atoms with Gasteiger partial charge in [0.1, 0.15) is 17.0 Å². The summed E-state index contributed by atoms with van der Waals surface area (Å²) in [4.78, 5) is 16.4. The van der Waals surface area contributed by atoms with Crippen molar-refractivity contribution in [1.29, 1.82) is 0 Å². The van der Waals surface area contributed by atoms with Gasteiger partial charge in [0.2, 0.25) is 12.7 Å². The highest BCUT2D eigenvalue weighted by Crippen LogP contribution is 2.59. The zero-order chi connectivity index (χ0) is 19.7. The zero-order valence-electron chi connectivity index (χ0n) is 16.0. The molecule has 1 aliphatic heterocycles. The van der Waals surface area contributed by atoms with Crippen LogP contribution in [0.2, 0.25) is 0 Å². The highest BCUT2D eigenvalue weighted by molar-refractivity contribution is 7.19. The second-order valence-electron chi connectivity index (χ2n) is 7.69. The van der Waals surface area contributed by atoms with Crippen molar-refractivity contribution in [2.75, 3.05) is 12.1 Å². The van der Waals surface area contributed by atoms with Crippen LogP contribution in [0.5, 0.6) is 11.5 Å². The Morgan fingerprint density at radius 2 is 2.17 bits per heavy atom. The Labute approximate surface area is 176 Å². The van der Waals surface area contributed by atoms with Crippen molar-refractivity contribution in [3.8, 4) is 17.4 Å². The number of nitrogens with zero attached hydrogens (tertiary/aromatic N) is 4. The van der Waals surface area contributed by atoms with Gasteiger partial charge < -0.3 is 14.8 Å². The van der Waals surface area contributed by atoms with Gasteiger partial charge in [-0.05, 0) is 36.1 Å². The lowest BCUT2D eigenvalue weighted by atomic mass is 9.80. The molecule has 0 amide bonds. The van der Waals surface area contributed by atoms with E-state index < -0.39 is 0 Å². The molecule has 1 unspecified atom stereocenters. The minimum atomic E-state index is 0.282. The number of allylic oxidation sites excluding steroid dienone is 2. The fraction of sp³-hybridized carbons (Fsp3) is 0.227. The van der Waals surface area contributed by atoms with Crippen molar-refractivity contribution in [1.82, 2.24) is 19.5 Å². The monoisotopic (exact) mass is 415 g/mol. The Balaban J connectivity index is 1.32. The number of fused-ring (bicyclic) bond motifs is 7. The molecule has 3 aliphatic rings. The van der Waals surface area contributed by atoms with Crippen LogP contribution in [-0.2, 0) is 6.54 Å². The third-order valence-corrected chi connectivity index (χ3v) is 7.20. The molecule has 0 radical (unpaired) electrons. The predicted octanol–water partition coefficient (Wildman–Crippen LogP) is 4.49. The second-order valence-corrected chi connectivity index (χ2v) is 8.72. The van der Waals surface area contributed by atoms with E-state index in [1.807, 2.05) is 22.9 Å². The molecule has 4 heterocycles. The van der Waals surface area contributed by atoms with Crippen LogP contribution in [-0.4, -0.2) is 26.3 Å². The Morgan fingerprint density at radius 3 is 3.10 bits per heavy atom. The van der Waals surface area contributed by atoms with Crippen molar-refractivity contribution >= 4 is 32.9 Å². The van der Waals surface area contributed by atoms with Gasteiger partial charge in [-0.3, -0.25) is 4.57 Å². The lowest BCUT2D eigenvalue weighted by Crippen LogP contribution is -2.11. The van der Waals surface area contributed by atoms with Crippen LogP contribution in [0.4, 0.5) is 5.82 Å². The molecular formula is C22H17N5O2S. The minimum absolute atomic E-state index is 0.282. The van der Waals surface area contributed by atoms with Crippen molar-refractivity contribution in [3.63, 3.8) is 0 Å². The summed E-state index contributed by atoms with van der Waals surface area (Å²) >= 11 is 1.80. The van der Waals surface area contributed by atoms with Crippen LogP contribution in [0.1, 0.15) is 34.8 Å².